The minimum atomic E-state index is -0.641. The quantitative estimate of drug-likeness (QED) is 0.687. The molecule has 1 aromatic carbocycles. The van der Waals surface area contributed by atoms with E-state index in [4.69, 9.17) is 12.2 Å². The van der Waals surface area contributed by atoms with Gasteiger partial charge < -0.3 is 5.32 Å². The van der Waals surface area contributed by atoms with Gasteiger partial charge in [-0.3, -0.25) is 14.5 Å². The lowest BCUT2D eigenvalue weighted by atomic mass is 9.97. The van der Waals surface area contributed by atoms with Crippen molar-refractivity contribution in [2.75, 3.05) is 4.90 Å². The first kappa shape index (κ1) is 15.6. The van der Waals surface area contributed by atoms with Crippen LogP contribution in [0.15, 0.2) is 18.2 Å². The zero-order chi connectivity index (χ0) is 15.6. The molecule has 1 atom stereocenters. The number of thiocarbonyl (C=S) groups is 1. The summed E-state index contributed by atoms with van der Waals surface area (Å²) in [5.74, 6) is -1.14. The van der Waals surface area contributed by atoms with Crippen LogP contribution in [0.1, 0.15) is 37.3 Å². The first-order valence-electron chi connectivity index (χ1n) is 7.21. The van der Waals surface area contributed by atoms with Crippen LogP contribution in [0.2, 0.25) is 0 Å². The Balaban J connectivity index is 2.32. The number of carbonyl (C=O) groups is 2. The summed E-state index contributed by atoms with van der Waals surface area (Å²) in [4.78, 5) is 26.0. The van der Waals surface area contributed by atoms with Gasteiger partial charge in [0.1, 0.15) is 5.92 Å². The minimum Gasteiger partial charge on any atom is -0.302 e. The topological polar surface area (TPSA) is 49.4 Å². The number of rotatable bonds is 4. The lowest BCUT2D eigenvalue weighted by molar-refractivity contribution is -0.134. The Kier molecular flexibility index (Phi) is 4.73. The van der Waals surface area contributed by atoms with Gasteiger partial charge in [0, 0.05) is 0 Å². The zero-order valence-corrected chi connectivity index (χ0v) is 13.4. The van der Waals surface area contributed by atoms with Crippen LogP contribution in [-0.4, -0.2) is 16.9 Å². The van der Waals surface area contributed by atoms with Crippen LogP contribution in [0.5, 0.6) is 0 Å². The second-order valence-corrected chi connectivity index (χ2v) is 5.82. The van der Waals surface area contributed by atoms with Crippen molar-refractivity contribution < 1.29 is 9.59 Å². The predicted molar refractivity (Wildman–Crippen MR) is 87.2 cm³/mol. The van der Waals surface area contributed by atoms with Gasteiger partial charge in [-0.05, 0) is 55.7 Å². The number of hydrogen-bond acceptors (Lipinski definition) is 3. The summed E-state index contributed by atoms with van der Waals surface area (Å²) in [7, 11) is 0. The van der Waals surface area contributed by atoms with Gasteiger partial charge >= 0.3 is 0 Å². The Labute approximate surface area is 130 Å². The lowest BCUT2D eigenvalue weighted by Crippen LogP contribution is -2.58. The maximum atomic E-state index is 12.6. The molecule has 1 aromatic rings. The molecule has 0 radical (unpaired) electrons. The molecule has 0 aliphatic carbocycles. The van der Waals surface area contributed by atoms with E-state index in [2.05, 4.69) is 5.32 Å². The Hall–Kier alpha value is -1.75. The maximum absolute atomic E-state index is 12.6. The smallest absolute Gasteiger partial charge is 0.245 e. The molecule has 112 valence electrons. The molecule has 0 bridgehead atoms. The fourth-order valence-corrected chi connectivity index (χ4v) is 2.68. The van der Waals surface area contributed by atoms with Crippen LogP contribution >= 0.6 is 12.2 Å². The molecule has 2 amide bonds. The summed E-state index contributed by atoms with van der Waals surface area (Å²) >= 11 is 5.18. The maximum Gasteiger partial charge on any atom is 0.245 e. The van der Waals surface area contributed by atoms with Gasteiger partial charge in [-0.2, -0.15) is 0 Å². The van der Waals surface area contributed by atoms with E-state index >= 15 is 0 Å². The molecule has 0 saturated carbocycles. The van der Waals surface area contributed by atoms with Crippen molar-refractivity contribution >= 4 is 34.8 Å². The van der Waals surface area contributed by atoms with Crippen LogP contribution in [0, 0.1) is 19.8 Å². The van der Waals surface area contributed by atoms with Gasteiger partial charge in [-0.25, -0.2) is 0 Å². The normalized spacial score (nSPS) is 18.9. The van der Waals surface area contributed by atoms with Gasteiger partial charge in [0.05, 0.1) is 5.69 Å². The number of anilines is 1. The van der Waals surface area contributed by atoms with E-state index in [9.17, 15) is 9.59 Å². The van der Waals surface area contributed by atoms with E-state index in [1.807, 2.05) is 39.0 Å². The lowest BCUT2D eigenvalue weighted by Gasteiger charge is -2.32. The van der Waals surface area contributed by atoms with E-state index in [0.717, 1.165) is 29.7 Å². The van der Waals surface area contributed by atoms with Crippen LogP contribution in [0.3, 0.4) is 0 Å². The second-order valence-electron chi connectivity index (χ2n) is 5.43. The molecule has 0 aromatic heterocycles. The Morgan fingerprint density at radius 2 is 1.95 bits per heavy atom. The van der Waals surface area contributed by atoms with Gasteiger partial charge in [-0.15, -0.1) is 0 Å². The summed E-state index contributed by atoms with van der Waals surface area (Å²) in [6, 6.07) is 5.74. The second kappa shape index (κ2) is 6.35. The van der Waals surface area contributed by atoms with Gasteiger partial charge in [0.15, 0.2) is 5.11 Å². The Bertz CT molecular complexity index is 598. The first-order valence-corrected chi connectivity index (χ1v) is 7.62. The van der Waals surface area contributed by atoms with Crippen molar-refractivity contribution in [2.45, 2.75) is 40.0 Å². The average Bonchev–Trinajstić information content (AvgIpc) is 2.42. The highest BCUT2D eigenvalue weighted by atomic mass is 32.1. The number of carbonyl (C=O) groups excluding carboxylic acids is 2. The largest absolute Gasteiger partial charge is 0.302 e. The third-order valence-electron chi connectivity index (χ3n) is 3.86. The Morgan fingerprint density at radius 1 is 1.24 bits per heavy atom. The number of amides is 2. The average molecular weight is 304 g/mol. The van der Waals surface area contributed by atoms with Crippen molar-refractivity contribution in [3.05, 3.63) is 29.3 Å². The van der Waals surface area contributed by atoms with Gasteiger partial charge in [0.25, 0.3) is 0 Å². The molecule has 2 rings (SSSR count). The fraction of sp³-hybridized carbons (Fsp3) is 0.438. The molecule has 1 aliphatic heterocycles. The molecular weight excluding hydrogens is 284 g/mol. The molecule has 1 aliphatic rings. The Morgan fingerprint density at radius 3 is 2.57 bits per heavy atom. The molecule has 0 unspecified atom stereocenters. The van der Waals surface area contributed by atoms with Crippen molar-refractivity contribution in [3.8, 4) is 0 Å². The monoisotopic (exact) mass is 304 g/mol. The highest BCUT2D eigenvalue weighted by molar-refractivity contribution is 7.80. The molecule has 1 heterocycles. The standard InChI is InChI=1S/C16H20N2O2S/c1-4-5-6-13-14(19)17-16(21)18(15(13)20)12-8-7-10(2)11(3)9-12/h7-9,13H,4-6H2,1-3H3,(H,17,19,21)/t13-/m1/s1. The summed E-state index contributed by atoms with van der Waals surface area (Å²) in [5.41, 5.74) is 2.96. The van der Waals surface area contributed by atoms with Crippen molar-refractivity contribution in [1.82, 2.24) is 5.32 Å². The highest BCUT2D eigenvalue weighted by Crippen LogP contribution is 2.25. The van der Waals surface area contributed by atoms with Gasteiger partial charge in [-0.1, -0.05) is 25.8 Å². The van der Waals surface area contributed by atoms with E-state index in [0.29, 0.717) is 6.42 Å². The van der Waals surface area contributed by atoms with E-state index < -0.39 is 5.92 Å². The number of nitrogens with zero attached hydrogens (tertiary/aromatic N) is 1. The third-order valence-corrected chi connectivity index (χ3v) is 4.15. The summed E-state index contributed by atoms with van der Waals surface area (Å²) < 4.78 is 0. The van der Waals surface area contributed by atoms with Crippen molar-refractivity contribution in [2.24, 2.45) is 5.92 Å². The fourth-order valence-electron chi connectivity index (χ4n) is 2.39. The van der Waals surface area contributed by atoms with Crippen molar-refractivity contribution in [1.29, 1.82) is 0 Å². The highest BCUT2D eigenvalue weighted by Gasteiger charge is 2.38. The van der Waals surface area contributed by atoms with Crippen LogP contribution in [0.25, 0.3) is 0 Å². The van der Waals surface area contributed by atoms with E-state index in [1.54, 1.807) is 0 Å². The zero-order valence-electron chi connectivity index (χ0n) is 12.6. The van der Waals surface area contributed by atoms with Crippen LogP contribution in [0.4, 0.5) is 5.69 Å². The summed E-state index contributed by atoms with van der Waals surface area (Å²) in [5, 5.41) is 2.82. The molecule has 5 heteroatoms. The molecule has 1 fully saturated rings. The molecule has 0 spiro atoms. The molecule has 1 saturated heterocycles. The number of unbranched alkanes of at least 4 members (excludes halogenated alkanes) is 1. The van der Waals surface area contributed by atoms with E-state index in [-0.39, 0.29) is 16.9 Å². The molecular formula is C16H20N2O2S. The van der Waals surface area contributed by atoms with E-state index in [1.165, 1.54) is 4.90 Å². The summed E-state index contributed by atoms with van der Waals surface area (Å²) in [6.45, 7) is 6.04. The first-order chi connectivity index (χ1) is 9.95. The van der Waals surface area contributed by atoms with Crippen LogP contribution < -0.4 is 10.2 Å². The van der Waals surface area contributed by atoms with Gasteiger partial charge in [0.2, 0.25) is 11.8 Å². The molecule has 21 heavy (non-hydrogen) atoms. The summed E-state index contributed by atoms with van der Waals surface area (Å²) in [6.07, 6.45) is 2.35. The molecule has 1 N–H and O–H groups in total. The SMILES string of the molecule is CCCC[C@@H]1C(=O)NC(=S)N(c2ccc(C)c(C)c2)C1=O. The van der Waals surface area contributed by atoms with Crippen molar-refractivity contribution in [3.63, 3.8) is 0 Å². The number of hydrogen-bond donors (Lipinski definition) is 1. The number of benzene rings is 1. The number of nitrogens with one attached hydrogen (secondary N) is 1. The minimum absolute atomic E-state index is 0.168. The van der Waals surface area contributed by atoms with Crippen LogP contribution in [-0.2, 0) is 9.59 Å². The molecule has 4 nitrogen and oxygen atoms in total. The third kappa shape index (κ3) is 3.13. The number of aryl methyl sites for hydroxylation is 2. The predicted octanol–water partition coefficient (Wildman–Crippen LogP) is 2.86.